The molecule has 15 heavy (non-hydrogen) atoms. The summed E-state index contributed by atoms with van der Waals surface area (Å²) in [7, 11) is 0. The van der Waals surface area contributed by atoms with Crippen LogP contribution in [0.5, 0.6) is 0 Å². The molecule has 2 aromatic rings. The van der Waals surface area contributed by atoms with Crippen LogP contribution in [0.1, 0.15) is 5.56 Å². The highest BCUT2D eigenvalue weighted by Crippen LogP contribution is 2.32. The molecule has 3 nitrogen and oxygen atoms in total. The molecule has 3 N–H and O–H groups in total. The monoisotopic (exact) mass is 269 g/mol. The van der Waals surface area contributed by atoms with E-state index in [1.807, 2.05) is 6.92 Å². The molecule has 0 aliphatic rings. The van der Waals surface area contributed by atoms with E-state index in [4.69, 9.17) is 5.73 Å². The van der Waals surface area contributed by atoms with Crippen LogP contribution in [0.2, 0.25) is 0 Å². The fraction of sp³-hybridized carbons (Fsp3) is 0.100. The third-order valence-electron chi connectivity index (χ3n) is 2.27. The van der Waals surface area contributed by atoms with Gasteiger partial charge in [-0.3, -0.25) is 5.10 Å². The number of nitrogens with two attached hydrogens (primary N) is 1. The van der Waals surface area contributed by atoms with Crippen LogP contribution < -0.4 is 5.73 Å². The molecular formula is C10H9BrFN3. The van der Waals surface area contributed by atoms with Crippen molar-refractivity contribution in [1.82, 2.24) is 10.2 Å². The molecule has 2 rings (SSSR count). The lowest BCUT2D eigenvalue weighted by Gasteiger charge is -2.06. The molecule has 0 saturated carbocycles. The number of benzene rings is 1. The summed E-state index contributed by atoms with van der Waals surface area (Å²) in [5.41, 5.74) is 8.08. The first-order valence-electron chi connectivity index (χ1n) is 4.34. The zero-order chi connectivity index (χ0) is 11.0. The number of aromatic amines is 1. The van der Waals surface area contributed by atoms with Crippen molar-refractivity contribution in [3.8, 4) is 11.1 Å². The average molecular weight is 270 g/mol. The van der Waals surface area contributed by atoms with Crippen molar-refractivity contribution in [2.24, 2.45) is 0 Å². The lowest BCUT2D eigenvalue weighted by molar-refractivity contribution is 0.627. The Bertz CT molecular complexity index is 507. The molecule has 1 heterocycles. The zero-order valence-electron chi connectivity index (χ0n) is 8.01. The number of hydrogen-bond donors (Lipinski definition) is 2. The number of nitrogen functional groups attached to an aromatic ring is 1. The Morgan fingerprint density at radius 1 is 1.40 bits per heavy atom. The van der Waals surface area contributed by atoms with Gasteiger partial charge in [-0.1, -0.05) is 15.9 Å². The second-order valence-electron chi connectivity index (χ2n) is 3.26. The number of aromatic nitrogens is 2. The summed E-state index contributed by atoms with van der Waals surface area (Å²) in [5, 5.41) is 6.43. The molecule has 0 radical (unpaired) electrons. The van der Waals surface area contributed by atoms with Gasteiger partial charge in [0.2, 0.25) is 0 Å². The van der Waals surface area contributed by atoms with Gasteiger partial charge in [0.05, 0.1) is 6.20 Å². The molecule has 0 unspecified atom stereocenters. The number of nitrogens with zero attached hydrogens (tertiary/aromatic N) is 1. The first-order valence-corrected chi connectivity index (χ1v) is 5.13. The molecule has 0 fully saturated rings. The summed E-state index contributed by atoms with van der Waals surface area (Å²) in [6.45, 7) is 1.89. The maximum absolute atomic E-state index is 13.2. The zero-order valence-corrected chi connectivity index (χ0v) is 9.60. The highest BCUT2D eigenvalue weighted by molar-refractivity contribution is 9.10. The maximum atomic E-state index is 13.2. The molecule has 0 saturated heterocycles. The van der Waals surface area contributed by atoms with Crippen molar-refractivity contribution in [2.75, 3.05) is 5.73 Å². The maximum Gasteiger partial charge on any atom is 0.126 e. The van der Waals surface area contributed by atoms with Crippen molar-refractivity contribution in [1.29, 1.82) is 0 Å². The minimum atomic E-state index is -0.303. The van der Waals surface area contributed by atoms with Gasteiger partial charge in [-0.05, 0) is 30.2 Å². The van der Waals surface area contributed by atoms with Gasteiger partial charge in [-0.2, -0.15) is 5.10 Å². The molecule has 1 aromatic heterocycles. The van der Waals surface area contributed by atoms with E-state index in [2.05, 4.69) is 26.1 Å². The normalized spacial score (nSPS) is 10.6. The first kappa shape index (κ1) is 10.2. The second-order valence-corrected chi connectivity index (χ2v) is 4.11. The van der Waals surface area contributed by atoms with Crippen molar-refractivity contribution in [2.45, 2.75) is 6.92 Å². The molecule has 0 aliphatic carbocycles. The quantitative estimate of drug-likeness (QED) is 0.837. The van der Waals surface area contributed by atoms with Crippen LogP contribution in [0, 0.1) is 12.7 Å². The van der Waals surface area contributed by atoms with Crippen LogP contribution in [0.15, 0.2) is 22.8 Å². The Morgan fingerprint density at radius 2 is 2.13 bits per heavy atom. The summed E-state index contributed by atoms with van der Waals surface area (Å²) in [6, 6.07) is 2.87. The van der Waals surface area contributed by atoms with E-state index in [9.17, 15) is 4.39 Å². The molecule has 0 amide bonds. The Hall–Kier alpha value is -1.36. The molecule has 0 bridgehead atoms. The van der Waals surface area contributed by atoms with Crippen molar-refractivity contribution < 1.29 is 4.39 Å². The SMILES string of the molecule is Cc1c(Br)cc(F)cc1-c1cn[nH]c1N. The fourth-order valence-corrected chi connectivity index (χ4v) is 1.87. The van der Waals surface area contributed by atoms with Gasteiger partial charge in [-0.15, -0.1) is 0 Å². The van der Waals surface area contributed by atoms with Crippen LogP contribution in [-0.2, 0) is 0 Å². The molecule has 0 spiro atoms. The van der Waals surface area contributed by atoms with Gasteiger partial charge in [0.1, 0.15) is 11.6 Å². The molecule has 0 atom stereocenters. The van der Waals surface area contributed by atoms with Gasteiger partial charge in [0.25, 0.3) is 0 Å². The molecular weight excluding hydrogens is 261 g/mol. The van der Waals surface area contributed by atoms with Crippen LogP contribution in [0.25, 0.3) is 11.1 Å². The summed E-state index contributed by atoms with van der Waals surface area (Å²) in [6.07, 6.45) is 1.59. The number of H-pyrrole nitrogens is 1. The van der Waals surface area contributed by atoms with E-state index < -0.39 is 0 Å². The van der Waals surface area contributed by atoms with Crippen molar-refractivity contribution in [3.63, 3.8) is 0 Å². The first-order chi connectivity index (χ1) is 7.09. The minimum Gasteiger partial charge on any atom is -0.384 e. The number of rotatable bonds is 1. The molecule has 78 valence electrons. The summed E-state index contributed by atoms with van der Waals surface area (Å²) < 4.78 is 14.0. The average Bonchev–Trinajstić information content (AvgIpc) is 2.58. The van der Waals surface area contributed by atoms with Crippen molar-refractivity contribution >= 4 is 21.7 Å². The van der Waals surface area contributed by atoms with Crippen LogP contribution in [0.4, 0.5) is 10.2 Å². The van der Waals surface area contributed by atoms with Gasteiger partial charge in [0, 0.05) is 10.0 Å². The smallest absolute Gasteiger partial charge is 0.126 e. The van der Waals surface area contributed by atoms with Gasteiger partial charge >= 0.3 is 0 Å². The fourth-order valence-electron chi connectivity index (χ4n) is 1.44. The third kappa shape index (κ3) is 1.74. The van der Waals surface area contributed by atoms with E-state index in [1.54, 1.807) is 6.20 Å². The number of halogens is 2. The Balaban J connectivity index is 2.68. The lowest BCUT2D eigenvalue weighted by Crippen LogP contribution is -1.91. The number of nitrogens with one attached hydrogen (secondary N) is 1. The third-order valence-corrected chi connectivity index (χ3v) is 3.09. The highest BCUT2D eigenvalue weighted by atomic mass is 79.9. The number of anilines is 1. The van der Waals surface area contributed by atoms with E-state index in [0.717, 1.165) is 15.6 Å². The Labute approximate surface area is 94.6 Å². The predicted octanol–water partition coefficient (Wildman–Crippen LogP) is 2.87. The standard InChI is InChI=1S/C10H9BrFN3/c1-5-7(2-6(12)3-9(5)11)8-4-14-15-10(8)13/h2-4H,1H3,(H3,13,14,15). The summed E-state index contributed by atoms with van der Waals surface area (Å²) in [4.78, 5) is 0. The summed E-state index contributed by atoms with van der Waals surface area (Å²) >= 11 is 3.30. The van der Waals surface area contributed by atoms with E-state index in [0.29, 0.717) is 11.4 Å². The Morgan fingerprint density at radius 3 is 2.73 bits per heavy atom. The predicted molar refractivity (Wildman–Crippen MR) is 60.8 cm³/mol. The van der Waals surface area contributed by atoms with E-state index in [-0.39, 0.29) is 5.82 Å². The van der Waals surface area contributed by atoms with E-state index >= 15 is 0 Å². The molecule has 5 heteroatoms. The number of hydrogen-bond acceptors (Lipinski definition) is 2. The molecule has 1 aromatic carbocycles. The Kier molecular flexibility index (Phi) is 2.48. The summed E-state index contributed by atoms with van der Waals surface area (Å²) in [5.74, 6) is 0.138. The van der Waals surface area contributed by atoms with Gasteiger partial charge in [-0.25, -0.2) is 4.39 Å². The largest absolute Gasteiger partial charge is 0.384 e. The van der Waals surface area contributed by atoms with Crippen LogP contribution >= 0.6 is 15.9 Å². The molecule has 0 aliphatic heterocycles. The van der Waals surface area contributed by atoms with Crippen LogP contribution in [0.3, 0.4) is 0 Å². The van der Waals surface area contributed by atoms with Crippen molar-refractivity contribution in [3.05, 3.63) is 34.2 Å². The van der Waals surface area contributed by atoms with Crippen LogP contribution in [-0.4, -0.2) is 10.2 Å². The van der Waals surface area contributed by atoms with Gasteiger partial charge < -0.3 is 5.73 Å². The lowest BCUT2D eigenvalue weighted by atomic mass is 10.0. The van der Waals surface area contributed by atoms with Gasteiger partial charge in [0.15, 0.2) is 0 Å². The highest BCUT2D eigenvalue weighted by Gasteiger charge is 2.11. The van der Waals surface area contributed by atoms with E-state index in [1.165, 1.54) is 12.1 Å². The minimum absolute atomic E-state index is 0.303. The topological polar surface area (TPSA) is 54.7 Å². The second kappa shape index (κ2) is 3.66.